The first kappa shape index (κ1) is 13.1. The van der Waals surface area contributed by atoms with Gasteiger partial charge in [-0.2, -0.15) is 0 Å². The number of aliphatic hydroxyl groups excluding tert-OH is 1. The first-order valence-electron chi connectivity index (χ1n) is 6.11. The fourth-order valence-corrected chi connectivity index (χ4v) is 2.64. The van der Waals surface area contributed by atoms with Crippen LogP contribution in [0.4, 0.5) is 5.69 Å². The van der Waals surface area contributed by atoms with Gasteiger partial charge in [-0.05, 0) is 32.3 Å². The van der Waals surface area contributed by atoms with Crippen molar-refractivity contribution in [1.82, 2.24) is 4.98 Å². The van der Waals surface area contributed by atoms with Gasteiger partial charge in [0, 0.05) is 12.7 Å². The summed E-state index contributed by atoms with van der Waals surface area (Å²) in [5, 5.41) is 9.71. The normalized spacial score (nSPS) is 11.0. The third kappa shape index (κ3) is 3.11. The van der Waals surface area contributed by atoms with E-state index in [4.69, 9.17) is 15.6 Å². The van der Waals surface area contributed by atoms with Crippen molar-refractivity contribution in [3.8, 4) is 5.75 Å². The van der Waals surface area contributed by atoms with Crippen LogP contribution in [0.3, 0.4) is 0 Å². The van der Waals surface area contributed by atoms with Gasteiger partial charge in [0.2, 0.25) is 0 Å². The quantitative estimate of drug-likeness (QED) is 0.623. The SMILES string of the molecule is Cc1nc2cc(OCCCCCO)c(N)cc2s1. The molecule has 0 spiro atoms. The van der Waals surface area contributed by atoms with Crippen LogP contribution in [0.15, 0.2) is 12.1 Å². The highest BCUT2D eigenvalue weighted by atomic mass is 32.1. The van der Waals surface area contributed by atoms with Crippen LogP contribution >= 0.6 is 11.3 Å². The van der Waals surface area contributed by atoms with Crippen LogP contribution in [-0.4, -0.2) is 23.3 Å². The molecule has 0 atom stereocenters. The van der Waals surface area contributed by atoms with Crippen LogP contribution in [0.1, 0.15) is 24.3 Å². The molecular weight excluding hydrogens is 248 g/mol. The summed E-state index contributed by atoms with van der Waals surface area (Å²) in [6.45, 7) is 2.85. The molecule has 0 radical (unpaired) electrons. The number of fused-ring (bicyclic) bond motifs is 1. The number of hydrogen-bond acceptors (Lipinski definition) is 5. The number of nitrogens with zero attached hydrogens (tertiary/aromatic N) is 1. The van der Waals surface area contributed by atoms with Crippen LogP contribution in [0.5, 0.6) is 5.75 Å². The maximum Gasteiger partial charge on any atom is 0.144 e. The van der Waals surface area contributed by atoms with Crippen LogP contribution < -0.4 is 10.5 Å². The van der Waals surface area contributed by atoms with E-state index in [2.05, 4.69) is 4.98 Å². The van der Waals surface area contributed by atoms with Crippen LogP contribution in [0.25, 0.3) is 10.2 Å². The summed E-state index contributed by atoms with van der Waals surface area (Å²) in [6.07, 6.45) is 2.71. The second-order valence-electron chi connectivity index (χ2n) is 4.22. The zero-order valence-electron chi connectivity index (χ0n) is 10.5. The number of anilines is 1. The van der Waals surface area contributed by atoms with E-state index in [1.165, 1.54) is 0 Å². The van der Waals surface area contributed by atoms with Gasteiger partial charge in [-0.3, -0.25) is 0 Å². The molecule has 1 aromatic heterocycles. The molecule has 0 aliphatic rings. The molecule has 0 aliphatic heterocycles. The van der Waals surface area contributed by atoms with Crippen molar-refractivity contribution in [3.05, 3.63) is 17.1 Å². The minimum Gasteiger partial charge on any atom is -0.491 e. The Balaban J connectivity index is 2.01. The molecule has 1 heterocycles. The van der Waals surface area contributed by atoms with Crippen molar-refractivity contribution in [2.45, 2.75) is 26.2 Å². The van der Waals surface area contributed by atoms with Gasteiger partial charge >= 0.3 is 0 Å². The molecule has 98 valence electrons. The minimum atomic E-state index is 0.242. The number of aromatic nitrogens is 1. The molecule has 0 saturated heterocycles. The topological polar surface area (TPSA) is 68.4 Å². The van der Waals surface area contributed by atoms with E-state index >= 15 is 0 Å². The lowest BCUT2D eigenvalue weighted by Gasteiger charge is -2.08. The monoisotopic (exact) mass is 266 g/mol. The lowest BCUT2D eigenvalue weighted by molar-refractivity contribution is 0.266. The molecule has 0 bridgehead atoms. The number of aliphatic hydroxyl groups is 1. The summed E-state index contributed by atoms with van der Waals surface area (Å²) >= 11 is 1.64. The number of rotatable bonds is 6. The van der Waals surface area contributed by atoms with Gasteiger partial charge in [0.05, 0.1) is 27.5 Å². The average Bonchev–Trinajstić information content (AvgIpc) is 2.68. The summed E-state index contributed by atoms with van der Waals surface area (Å²) < 4.78 is 6.75. The van der Waals surface area contributed by atoms with Crippen molar-refractivity contribution in [1.29, 1.82) is 0 Å². The lowest BCUT2D eigenvalue weighted by atomic mass is 10.2. The number of ether oxygens (including phenoxy) is 1. The minimum absolute atomic E-state index is 0.242. The molecule has 2 rings (SSSR count). The Bertz CT molecular complexity index is 525. The highest BCUT2D eigenvalue weighted by Gasteiger charge is 2.07. The van der Waals surface area contributed by atoms with E-state index in [0.29, 0.717) is 18.0 Å². The molecule has 0 amide bonds. The number of hydrogen-bond donors (Lipinski definition) is 2. The zero-order chi connectivity index (χ0) is 13.0. The van der Waals surface area contributed by atoms with E-state index in [-0.39, 0.29) is 6.61 Å². The number of benzene rings is 1. The van der Waals surface area contributed by atoms with Crippen molar-refractivity contribution >= 4 is 27.2 Å². The van der Waals surface area contributed by atoms with Crippen molar-refractivity contribution in [2.24, 2.45) is 0 Å². The summed E-state index contributed by atoms with van der Waals surface area (Å²) in [7, 11) is 0. The summed E-state index contributed by atoms with van der Waals surface area (Å²) in [6, 6.07) is 3.82. The Labute approximate surface area is 110 Å². The number of thiazole rings is 1. The Morgan fingerprint density at radius 2 is 2.17 bits per heavy atom. The van der Waals surface area contributed by atoms with Gasteiger partial charge in [0.15, 0.2) is 0 Å². The van der Waals surface area contributed by atoms with Crippen LogP contribution in [0, 0.1) is 6.92 Å². The fraction of sp³-hybridized carbons (Fsp3) is 0.462. The Morgan fingerprint density at radius 3 is 2.94 bits per heavy atom. The van der Waals surface area contributed by atoms with Crippen molar-refractivity contribution in [2.75, 3.05) is 18.9 Å². The van der Waals surface area contributed by atoms with E-state index in [0.717, 1.165) is 34.5 Å². The molecule has 2 aromatic rings. The van der Waals surface area contributed by atoms with E-state index in [1.54, 1.807) is 11.3 Å². The molecule has 3 N–H and O–H groups in total. The van der Waals surface area contributed by atoms with Gasteiger partial charge in [0.25, 0.3) is 0 Å². The standard InChI is InChI=1S/C13H18N2O2S/c1-9-15-11-8-12(10(14)7-13(11)18-9)17-6-4-2-3-5-16/h7-8,16H,2-6,14H2,1H3. The van der Waals surface area contributed by atoms with Crippen molar-refractivity contribution < 1.29 is 9.84 Å². The first-order chi connectivity index (χ1) is 8.70. The van der Waals surface area contributed by atoms with Crippen LogP contribution in [-0.2, 0) is 0 Å². The molecular formula is C13H18N2O2S. The van der Waals surface area contributed by atoms with Gasteiger partial charge in [-0.15, -0.1) is 11.3 Å². The zero-order valence-corrected chi connectivity index (χ0v) is 11.3. The molecule has 0 saturated carbocycles. The van der Waals surface area contributed by atoms with Gasteiger partial charge in [-0.1, -0.05) is 0 Å². The van der Waals surface area contributed by atoms with E-state index in [9.17, 15) is 0 Å². The maximum atomic E-state index is 8.68. The number of aryl methyl sites for hydroxylation is 1. The highest BCUT2D eigenvalue weighted by molar-refractivity contribution is 7.18. The first-order valence-corrected chi connectivity index (χ1v) is 6.92. The number of nitrogens with two attached hydrogens (primary N) is 1. The third-order valence-corrected chi connectivity index (χ3v) is 3.62. The number of nitrogen functional groups attached to an aromatic ring is 1. The molecule has 18 heavy (non-hydrogen) atoms. The largest absolute Gasteiger partial charge is 0.491 e. The third-order valence-electron chi connectivity index (χ3n) is 2.69. The Morgan fingerprint density at radius 1 is 1.33 bits per heavy atom. The summed E-state index contributed by atoms with van der Waals surface area (Å²) in [4.78, 5) is 4.42. The summed E-state index contributed by atoms with van der Waals surface area (Å²) in [5.41, 5.74) is 7.55. The molecule has 1 aromatic carbocycles. The Kier molecular flexibility index (Phi) is 4.38. The predicted molar refractivity (Wildman–Crippen MR) is 75.2 cm³/mol. The average molecular weight is 266 g/mol. The van der Waals surface area contributed by atoms with E-state index < -0.39 is 0 Å². The second-order valence-corrected chi connectivity index (χ2v) is 5.46. The molecule has 0 unspecified atom stereocenters. The molecule has 0 aliphatic carbocycles. The van der Waals surface area contributed by atoms with Gasteiger partial charge < -0.3 is 15.6 Å². The van der Waals surface area contributed by atoms with E-state index in [1.807, 2.05) is 19.1 Å². The lowest BCUT2D eigenvalue weighted by Crippen LogP contribution is -2.00. The van der Waals surface area contributed by atoms with Gasteiger partial charge in [0.1, 0.15) is 5.75 Å². The Hall–Kier alpha value is -1.33. The maximum absolute atomic E-state index is 8.68. The highest BCUT2D eigenvalue weighted by Crippen LogP contribution is 2.31. The van der Waals surface area contributed by atoms with Gasteiger partial charge in [-0.25, -0.2) is 4.98 Å². The predicted octanol–water partition coefficient (Wildman–Crippen LogP) is 2.73. The number of unbranched alkanes of at least 4 members (excludes halogenated alkanes) is 2. The summed E-state index contributed by atoms with van der Waals surface area (Å²) in [5.74, 6) is 0.705. The van der Waals surface area contributed by atoms with Crippen LogP contribution in [0.2, 0.25) is 0 Å². The fourth-order valence-electron chi connectivity index (χ4n) is 1.78. The second kappa shape index (κ2) is 6.02. The van der Waals surface area contributed by atoms with Crippen molar-refractivity contribution in [3.63, 3.8) is 0 Å². The molecule has 5 heteroatoms. The molecule has 4 nitrogen and oxygen atoms in total. The molecule has 0 fully saturated rings. The smallest absolute Gasteiger partial charge is 0.144 e.